The first kappa shape index (κ1) is 15.3. The third kappa shape index (κ3) is 3.61. The van der Waals surface area contributed by atoms with Crippen LogP contribution in [0.2, 0.25) is 0 Å². The van der Waals surface area contributed by atoms with Gasteiger partial charge in [0.15, 0.2) is 11.5 Å². The number of rotatable bonds is 6. The third-order valence-electron chi connectivity index (χ3n) is 2.27. The average molecular weight is 282 g/mol. The van der Waals surface area contributed by atoms with Crippen LogP contribution in [0.25, 0.3) is 0 Å². The van der Waals surface area contributed by atoms with Crippen LogP contribution in [0, 0.1) is 0 Å². The van der Waals surface area contributed by atoms with Crippen molar-refractivity contribution in [2.75, 3.05) is 21.3 Å². The van der Waals surface area contributed by atoms with Gasteiger partial charge in [-0.2, -0.15) is 5.10 Å². The van der Waals surface area contributed by atoms with Gasteiger partial charge in [-0.15, -0.1) is 0 Å². The molecule has 2 N–H and O–H groups in total. The van der Waals surface area contributed by atoms with Gasteiger partial charge in [0.1, 0.15) is 6.21 Å². The summed E-state index contributed by atoms with van der Waals surface area (Å²) in [7, 11) is 4.28. The van der Waals surface area contributed by atoms with Crippen LogP contribution in [0.15, 0.2) is 17.2 Å². The molecule has 1 amide bonds. The molecular formula is C12H14N2O6. The van der Waals surface area contributed by atoms with E-state index in [1.807, 2.05) is 0 Å². The molecule has 0 aliphatic heterocycles. The van der Waals surface area contributed by atoms with E-state index in [9.17, 15) is 9.59 Å². The first-order valence-electron chi connectivity index (χ1n) is 5.39. The molecule has 0 heterocycles. The number of methoxy groups -OCH3 is 3. The molecule has 0 aromatic heterocycles. The lowest BCUT2D eigenvalue weighted by molar-refractivity contribution is -0.128. The number of nitrogens with zero attached hydrogens (tertiary/aromatic N) is 1. The zero-order valence-electron chi connectivity index (χ0n) is 11.2. The van der Waals surface area contributed by atoms with Crippen molar-refractivity contribution in [3.8, 4) is 17.2 Å². The van der Waals surface area contributed by atoms with E-state index in [1.54, 1.807) is 0 Å². The minimum atomic E-state index is -1.27. The molecule has 1 rings (SSSR count). The second kappa shape index (κ2) is 6.98. The third-order valence-corrected chi connectivity index (χ3v) is 2.27. The van der Waals surface area contributed by atoms with Crippen molar-refractivity contribution in [2.24, 2.45) is 5.10 Å². The largest absolute Gasteiger partial charge is 0.493 e. The summed E-state index contributed by atoms with van der Waals surface area (Å²) in [6, 6.07) is 2.85. The molecule has 0 atom stereocenters. The molecular weight excluding hydrogens is 268 g/mol. The summed E-state index contributed by atoms with van der Waals surface area (Å²) in [4.78, 5) is 22.0. The summed E-state index contributed by atoms with van der Waals surface area (Å²) in [5, 5.41) is 11.6. The van der Waals surface area contributed by atoms with E-state index in [0.717, 1.165) is 0 Å². The van der Waals surface area contributed by atoms with E-state index in [4.69, 9.17) is 19.3 Å². The summed E-state index contributed by atoms with van der Waals surface area (Å²) in [5.41, 5.74) is 2.25. The molecule has 20 heavy (non-hydrogen) atoms. The van der Waals surface area contributed by atoms with Crippen LogP contribution in [-0.2, 0) is 4.79 Å². The Balaban J connectivity index is 3.06. The quantitative estimate of drug-likeness (QED) is 0.581. The van der Waals surface area contributed by atoms with E-state index in [-0.39, 0.29) is 5.56 Å². The Labute approximate surface area is 114 Å². The van der Waals surface area contributed by atoms with E-state index in [2.05, 4.69) is 10.5 Å². The highest BCUT2D eigenvalue weighted by atomic mass is 16.5. The summed E-state index contributed by atoms with van der Waals surface area (Å²) < 4.78 is 15.3. The normalized spacial score (nSPS) is 10.2. The van der Waals surface area contributed by atoms with Gasteiger partial charge in [0, 0.05) is 5.56 Å². The predicted molar refractivity (Wildman–Crippen MR) is 69.7 cm³/mol. The fourth-order valence-electron chi connectivity index (χ4n) is 1.42. The summed E-state index contributed by atoms with van der Waals surface area (Å²) in [5.74, 6) is -0.920. The Morgan fingerprint density at radius 2 is 1.70 bits per heavy atom. The Morgan fingerprint density at radius 1 is 1.15 bits per heavy atom. The van der Waals surface area contributed by atoms with Gasteiger partial charge >= 0.3 is 5.97 Å². The predicted octanol–water partition coefficient (Wildman–Crippen LogP) is 0.513. The average Bonchev–Trinajstić information content (AvgIpc) is 2.44. The fourth-order valence-corrected chi connectivity index (χ4v) is 1.42. The molecule has 0 spiro atoms. The number of amides is 1. The van der Waals surface area contributed by atoms with Crippen molar-refractivity contribution in [2.45, 2.75) is 0 Å². The number of hydrazone groups is 1. The minimum Gasteiger partial charge on any atom is -0.493 e. The number of carbonyl (C=O) groups excluding carboxylic acids is 1. The number of hydrogen-bond donors (Lipinski definition) is 2. The first-order chi connectivity index (χ1) is 9.53. The lowest BCUT2D eigenvalue weighted by atomic mass is 10.1. The van der Waals surface area contributed by atoms with Gasteiger partial charge < -0.3 is 19.3 Å². The van der Waals surface area contributed by atoms with Gasteiger partial charge in [0.05, 0.1) is 21.3 Å². The maximum absolute atomic E-state index is 11.8. The van der Waals surface area contributed by atoms with Crippen molar-refractivity contribution < 1.29 is 28.9 Å². The molecule has 0 aliphatic carbocycles. The zero-order valence-corrected chi connectivity index (χ0v) is 11.2. The number of carboxylic acid groups (broad SMARTS) is 1. The Kier molecular flexibility index (Phi) is 5.33. The molecule has 8 nitrogen and oxygen atoms in total. The summed E-state index contributed by atoms with van der Waals surface area (Å²) in [6.07, 6.45) is 0.565. The molecule has 0 saturated heterocycles. The van der Waals surface area contributed by atoms with E-state index < -0.39 is 11.9 Å². The van der Waals surface area contributed by atoms with Crippen LogP contribution in [0.5, 0.6) is 17.2 Å². The SMILES string of the molecule is COc1cc(C(=O)N/N=C/C(=O)O)cc(OC)c1OC. The highest BCUT2D eigenvalue weighted by Gasteiger charge is 2.16. The summed E-state index contributed by atoms with van der Waals surface area (Å²) >= 11 is 0. The van der Waals surface area contributed by atoms with E-state index in [0.29, 0.717) is 23.5 Å². The van der Waals surface area contributed by atoms with Crippen molar-refractivity contribution in [3.05, 3.63) is 17.7 Å². The number of hydrogen-bond acceptors (Lipinski definition) is 6. The second-order valence-corrected chi connectivity index (χ2v) is 3.45. The van der Waals surface area contributed by atoms with Crippen molar-refractivity contribution in [1.29, 1.82) is 0 Å². The molecule has 0 unspecified atom stereocenters. The van der Waals surface area contributed by atoms with E-state index in [1.165, 1.54) is 33.5 Å². The van der Waals surface area contributed by atoms with Gasteiger partial charge in [-0.25, -0.2) is 10.2 Å². The Hall–Kier alpha value is -2.77. The monoisotopic (exact) mass is 282 g/mol. The molecule has 0 fully saturated rings. The molecule has 8 heteroatoms. The van der Waals surface area contributed by atoms with Crippen LogP contribution < -0.4 is 19.6 Å². The maximum Gasteiger partial charge on any atom is 0.348 e. The molecule has 0 bridgehead atoms. The van der Waals surface area contributed by atoms with Crippen LogP contribution in [0.1, 0.15) is 10.4 Å². The van der Waals surface area contributed by atoms with Gasteiger partial charge in [0.25, 0.3) is 5.91 Å². The maximum atomic E-state index is 11.8. The van der Waals surface area contributed by atoms with Gasteiger partial charge in [-0.3, -0.25) is 4.79 Å². The smallest absolute Gasteiger partial charge is 0.348 e. The van der Waals surface area contributed by atoms with Crippen LogP contribution in [-0.4, -0.2) is 44.5 Å². The molecule has 0 radical (unpaired) electrons. The molecule has 0 aliphatic rings. The molecule has 0 saturated carbocycles. The molecule has 1 aromatic carbocycles. The second-order valence-electron chi connectivity index (χ2n) is 3.45. The number of ether oxygens (including phenoxy) is 3. The van der Waals surface area contributed by atoms with Gasteiger partial charge in [0.2, 0.25) is 5.75 Å². The van der Waals surface area contributed by atoms with Crippen molar-refractivity contribution in [3.63, 3.8) is 0 Å². The standard InChI is InChI=1S/C12H14N2O6/c1-18-8-4-7(5-9(19-2)11(8)20-3)12(17)14-13-6-10(15)16/h4-6H,1-3H3,(H,14,17)(H,15,16)/b13-6+. The van der Waals surface area contributed by atoms with Crippen molar-refractivity contribution in [1.82, 2.24) is 5.43 Å². The number of nitrogens with one attached hydrogen (secondary N) is 1. The lowest BCUT2D eigenvalue weighted by Crippen LogP contribution is -2.18. The minimum absolute atomic E-state index is 0.182. The topological polar surface area (TPSA) is 106 Å². The Morgan fingerprint density at radius 3 is 2.10 bits per heavy atom. The van der Waals surface area contributed by atoms with Crippen LogP contribution in [0.3, 0.4) is 0 Å². The van der Waals surface area contributed by atoms with Crippen molar-refractivity contribution >= 4 is 18.1 Å². The highest BCUT2D eigenvalue weighted by Crippen LogP contribution is 2.38. The molecule has 108 valence electrons. The zero-order chi connectivity index (χ0) is 15.1. The first-order valence-corrected chi connectivity index (χ1v) is 5.39. The van der Waals surface area contributed by atoms with Gasteiger partial charge in [-0.05, 0) is 12.1 Å². The Bertz CT molecular complexity index is 516. The number of carboxylic acids is 1. The lowest BCUT2D eigenvalue weighted by Gasteiger charge is -2.13. The number of aliphatic carboxylic acids is 1. The van der Waals surface area contributed by atoms with E-state index >= 15 is 0 Å². The van der Waals surface area contributed by atoms with Crippen LogP contribution in [0.4, 0.5) is 0 Å². The number of benzene rings is 1. The van der Waals surface area contributed by atoms with Gasteiger partial charge in [-0.1, -0.05) is 0 Å². The van der Waals surface area contributed by atoms with Crippen LogP contribution >= 0.6 is 0 Å². The fraction of sp³-hybridized carbons (Fsp3) is 0.250. The highest BCUT2D eigenvalue weighted by molar-refractivity contribution is 6.22. The summed E-state index contributed by atoms with van der Waals surface area (Å²) in [6.45, 7) is 0. The number of carbonyl (C=O) groups is 2. The molecule has 1 aromatic rings.